The first-order valence-corrected chi connectivity index (χ1v) is 10.8. The van der Waals surface area contributed by atoms with Crippen LogP contribution in [0.5, 0.6) is 17.2 Å². The number of rotatable bonds is 9. The topological polar surface area (TPSA) is 30.9 Å². The van der Waals surface area contributed by atoms with Crippen molar-refractivity contribution < 1.29 is 18.6 Å². The van der Waals surface area contributed by atoms with Gasteiger partial charge in [-0.3, -0.25) is 0 Å². The second kappa shape index (κ2) is 9.98. The quantitative estimate of drug-likeness (QED) is 0.409. The molecule has 0 radical (unpaired) electrons. The van der Waals surface area contributed by atoms with E-state index in [1.807, 2.05) is 36.4 Å². The Labute approximate surface area is 178 Å². The summed E-state index contributed by atoms with van der Waals surface area (Å²) in [7, 11) is 0. The van der Waals surface area contributed by atoms with Crippen LogP contribution in [0.15, 0.2) is 55.1 Å². The van der Waals surface area contributed by atoms with Crippen molar-refractivity contribution in [1.29, 1.82) is 0 Å². The molecule has 2 aromatic carbocycles. The van der Waals surface area contributed by atoms with Crippen molar-refractivity contribution in [2.45, 2.75) is 31.6 Å². The lowest BCUT2D eigenvalue weighted by atomic mass is 9.80. The molecule has 0 aliphatic carbocycles. The Morgan fingerprint density at radius 1 is 1.10 bits per heavy atom. The molecule has 5 heteroatoms. The summed E-state index contributed by atoms with van der Waals surface area (Å²) in [6.45, 7) is 7.84. The molecule has 2 heterocycles. The van der Waals surface area contributed by atoms with Gasteiger partial charge >= 0.3 is 0 Å². The molecule has 2 aliphatic heterocycles. The molecular formula is C25H30FNO3. The summed E-state index contributed by atoms with van der Waals surface area (Å²) in [5.41, 5.74) is 1.20. The number of hydrogen-bond acceptors (Lipinski definition) is 4. The molecule has 160 valence electrons. The highest BCUT2D eigenvalue weighted by atomic mass is 19.1. The number of nitrogens with zero attached hydrogens (tertiary/aromatic N) is 1. The van der Waals surface area contributed by atoms with Crippen molar-refractivity contribution in [1.82, 2.24) is 4.90 Å². The summed E-state index contributed by atoms with van der Waals surface area (Å²) in [6, 6.07) is 12.7. The van der Waals surface area contributed by atoms with Gasteiger partial charge in [-0.1, -0.05) is 18.2 Å². The number of allylic oxidation sites excluding steroid dienone is 1. The predicted molar refractivity (Wildman–Crippen MR) is 116 cm³/mol. The number of benzene rings is 2. The van der Waals surface area contributed by atoms with Crippen LogP contribution in [-0.4, -0.2) is 37.9 Å². The predicted octanol–water partition coefficient (Wildman–Crippen LogP) is 5.40. The molecule has 4 rings (SSSR count). The number of unbranched alkanes of at least 4 members (excludes halogenated alkanes) is 2. The summed E-state index contributed by atoms with van der Waals surface area (Å²) in [5.74, 6) is 2.80. The Morgan fingerprint density at radius 3 is 2.77 bits per heavy atom. The summed E-state index contributed by atoms with van der Waals surface area (Å²) < 4.78 is 30.5. The number of piperidine rings is 1. The molecule has 0 unspecified atom stereocenters. The van der Waals surface area contributed by atoms with Crippen LogP contribution in [0.4, 0.5) is 4.39 Å². The van der Waals surface area contributed by atoms with E-state index in [0.717, 1.165) is 49.7 Å². The average molecular weight is 412 g/mol. The molecule has 1 fully saturated rings. The second-order valence-electron chi connectivity index (χ2n) is 8.12. The third-order valence-corrected chi connectivity index (χ3v) is 6.06. The zero-order valence-corrected chi connectivity index (χ0v) is 17.4. The monoisotopic (exact) mass is 411 g/mol. The molecule has 2 aliphatic rings. The van der Waals surface area contributed by atoms with Crippen LogP contribution < -0.4 is 14.2 Å². The highest BCUT2D eigenvalue weighted by Crippen LogP contribution is 2.37. The van der Waals surface area contributed by atoms with Gasteiger partial charge in [0.25, 0.3) is 0 Å². The van der Waals surface area contributed by atoms with E-state index in [0.29, 0.717) is 18.4 Å². The maximum atomic E-state index is 13.4. The van der Waals surface area contributed by atoms with Crippen molar-refractivity contribution in [2.75, 3.05) is 33.0 Å². The average Bonchev–Trinajstić information content (AvgIpc) is 3.24. The Kier molecular flexibility index (Phi) is 6.90. The molecule has 0 spiro atoms. The van der Waals surface area contributed by atoms with Gasteiger partial charge in [-0.15, -0.1) is 6.58 Å². The molecule has 2 aromatic rings. The van der Waals surface area contributed by atoms with Gasteiger partial charge in [0.1, 0.15) is 11.6 Å². The van der Waals surface area contributed by atoms with E-state index in [-0.39, 0.29) is 12.6 Å². The smallest absolute Gasteiger partial charge is 0.231 e. The van der Waals surface area contributed by atoms with Gasteiger partial charge in [0, 0.05) is 18.5 Å². The molecule has 30 heavy (non-hydrogen) atoms. The Balaban J connectivity index is 1.42. The Morgan fingerprint density at radius 2 is 1.93 bits per heavy atom. The van der Waals surface area contributed by atoms with Gasteiger partial charge < -0.3 is 19.1 Å². The highest BCUT2D eigenvalue weighted by molar-refractivity contribution is 5.46. The van der Waals surface area contributed by atoms with E-state index >= 15 is 0 Å². The highest BCUT2D eigenvalue weighted by Gasteiger charge is 2.31. The minimum absolute atomic E-state index is 0.188. The first-order chi connectivity index (χ1) is 14.7. The maximum Gasteiger partial charge on any atom is 0.231 e. The molecular weight excluding hydrogens is 381 g/mol. The summed E-state index contributed by atoms with van der Waals surface area (Å²) in [4.78, 5) is 2.54. The van der Waals surface area contributed by atoms with Crippen molar-refractivity contribution in [3.63, 3.8) is 0 Å². The lowest BCUT2D eigenvalue weighted by molar-refractivity contribution is 0.109. The molecule has 0 bridgehead atoms. The fourth-order valence-electron chi connectivity index (χ4n) is 4.42. The minimum Gasteiger partial charge on any atom is -0.493 e. The van der Waals surface area contributed by atoms with Crippen LogP contribution in [0.3, 0.4) is 0 Å². The van der Waals surface area contributed by atoms with Gasteiger partial charge in [0.15, 0.2) is 11.5 Å². The number of ether oxygens (including phenoxy) is 3. The summed E-state index contributed by atoms with van der Waals surface area (Å²) >= 11 is 0. The fraction of sp³-hybridized carbons (Fsp3) is 0.440. The van der Waals surface area contributed by atoms with Crippen LogP contribution in [0, 0.1) is 11.7 Å². The van der Waals surface area contributed by atoms with Crippen LogP contribution in [0.25, 0.3) is 0 Å². The zero-order valence-electron chi connectivity index (χ0n) is 17.4. The molecule has 0 aromatic heterocycles. The summed E-state index contributed by atoms with van der Waals surface area (Å²) in [6.07, 6.45) is 6.48. The van der Waals surface area contributed by atoms with Crippen molar-refractivity contribution in [3.8, 4) is 17.2 Å². The van der Waals surface area contributed by atoms with Crippen LogP contribution in [-0.2, 0) is 0 Å². The number of hydrogen-bond donors (Lipinski definition) is 0. The van der Waals surface area contributed by atoms with E-state index in [1.165, 1.54) is 18.4 Å². The SMILES string of the molecule is C=CCCCCN1CC[C@H](c2ccc(F)cc2)[C@@H](COc2ccc3c(c2)OCO3)C1. The van der Waals surface area contributed by atoms with Crippen LogP contribution in [0.1, 0.15) is 37.2 Å². The van der Waals surface area contributed by atoms with Crippen molar-refractivity contribution in [3.05, 3.63) is 66.5 Å². The third-order valence-electron chi connectivity index (χ3n) is 6.06. The van der Waals surface area contributed by atoms with Gasteiger partial charge in [-0.05, 0) is 74.5 Å². The fourth-order valence-corrected chi connectivity index (χ4v) is 4.42. The molecule has 1 saturated heterocycles. The number of fused-ring (bicyclic) bond motifs is 1. The van der Waals surface area contributed by atoms with Crippen molar-refractivity contribution >= 4 is 0 Å². The lowest BCUT2D eigenvalue weighted by Crippen LogP contribution is -2.42. The van der Waals surface area contributed by atoms with E-state index in [2.05, 4.69) is 11.5 Å². The van der Waals surface area contributed by atoms with Crippen LogP contribution in [0.2, 0.25) is 0 Å². The maximum absolute atomic E-state index is 13.4. The second-order valence-corrected chi connectivity index (χ2v) is 8.12. The summed E-state index contributed by atoms with van der Waals surface area (Å²) in [5, 5.41) is 0. The largest absolute Gasteiger partial charge is 0.493 e. The van der Waals surface area contributed by atoms with Gasteiger partial charge in [-0.25, -0.2) is 4.39 Å². The molecule has 4 nitrogen and oxygen atoms in total. The standard InChI is InChI=1S/C25H30FNO3/c1-2-3-4-5-13-27-14-12-23(19-6-8-21(26)9-7-19)20(16-27)17-28-22-10-11-24-25(15-22)30-18-29-24/h2,6-11,15,20,23H,1,3-5,12-14,16-18H2/t20-,23-/m1/s1. The Hall–Kier alpha value is -2.53. The molecule has 0 N–H and O–H groups in total. The van der Waals surface area contributed by atoms with Gasteiger partial charge in [-0.2, -0.15) is 0 Å². The van der Waals surface area contributed by atoms with E-state index in [9.17, 15) is 4.39 Å². The lowest BCUT2D eigenvalue weighted by Gasteiger charge is -2.39. The van der Waals surface area contributed by atoms with E-state index in [4.69, 9.17) is 14.2 Å². The normalized spacial score (nSPS) is 20.8. The van der Waals surface area contributed by atoms with Gasteiger partial charge in [0.2, 0.25) is 6.79 Å². The molecule has 0 amide bonds. The van der Waals surface area contributed by atoms with E-state index in [1.54, 1.807) is 12.1 Å². The number of likely N-dealkylation sites (tertiary alicyclic amines) is 1. The van der Waals surface area contributed by atoms with Gasteiger partial charge in [0.05, 0.1) is 6.61 Å². The number of halogens is 1. The van der Waals surface area contributed by atoms with E-state index < -0.39 is 0 Å². The van der Waals surface area contributed by atoms with Crippen molar-refractivity contribution in [2.24, 2.45) is 5.92 Å². The first-order valence-electron chi connectivity index (χ1n) is 10.8. The zero-order chi connectivity index (χ0) is 20.8. The third kappa shape index (κ3) is 5.14. The molecule has 0 saturated carbocycles. The molecule has 2 atom stereocenters. The minimum atomic E-state index is -0.188. The first kappa shape index (κ1) is 20.7. The Bertz CT molecular complexity index is 839. The van der Waals surface area contributed by atoms with Crippen LogP contribution >= 0.6 is 0 Å².